The van der Waals surface area contributed by atoms with Crippen molar-refractivity contribution < 1.29 is 9.53 Å². The molecule has 78 valence electrons. The number of hydrogen-bond acceptors (Lipinski definition) is 6. The summed E-state index contributed by atoms with van der Waals surface area (Å²) in [5, 5.41) is 14.8. The molecule has 7 nitrogen and oxygen atoms in total. The fourth-order valence-corrected chi connectivity index (χ4v) is 1.19. The van der Waals surface area contributed by atoms with E-state index in [4.69, 9.17) is 4.74 Å². The van der Waals surface area contributed by atoms with E-state index in [0.29, 0.717) is 11.3 Å². The molecule has 2 rings (SSSR count). The Balaban J connectivity index is 2.17. The van der Waals surface area contributed by atoms with E-state index in [-0.39, 0.29) is 18.8 Å². The first kappa shape index (κ1) is 9.66. The Kier molecular flexibility index (Phi) is 2.64. The lowest BCUT2D eigenvalue weighted by atomic mass is 10.2. The number of rotatable bonds is 4. The molecule has 0 aliphatic heterocycles. The first-order valence-corrected chi connectivity index (χ1v) is 4.34. The Labute approximate surface area is 85.0 Å². The summed E-state index contributed by atoms with van der Waals surface area (Å²) in [4.78, 5) is 11.3. The van der Waals surface area contributed by atoms with Crippen LogP contribution in [0.4, 0.5) is 0 Å². The minimum absolute atomic E-state index is 0.0302. The number of nitrogens with zero attached hydrogens (tertiary/aromatic N) is 5. The van der Waals surface area contributed by atoms with Gasteiger partial charge in [0.1, 0.15) is 6.61 Å². The number of fused-ring (bicyclic) bond motifs is 1. The fraction of sp³-hybridized carbons (Fsp3) is 0.375. The van der Waals surface area contributed by atoms with Crippen LogP contribution in [0.15, 0.2) is 12.1 Å². The second-order valence-corrected chi connectivity index (χ2v) is 3.00. The first-order valence-electron chi connectivity index (χ1n) is 4.34. The number of Topliss-reactive ketones (excluding diaryl/α,β-unsaturated/α-hetero) is 1. The Morgan fingerprint density at radius 2 is 2.40 bits per heavy atom. The van der Waals surface area contributed by atoms with Gasteiger partial charge < -0.3 is 4.74 Å². The number of tetrazole rings is 1. The van der Waals surface area contributed by atoms with Crippen LogP contribution in [0, 0.1) is 0 Å². The van der Waals surface area contributed by atoms with Crippen LogP contribution < -0.4 is 0 Å². The standard InChI is InChI=1S/C8H9N5O2/c1-15-5-7(14)4-6-2-3-8-9-11-12-13(8)10-6/h2-3H,4-5H2,1H3. The summed E-state index contributed by atoms with van der Waals surface area (Å²) >= 11 is 0. The number of ether oxygens (including phenoxy) is 1. The zero-order valence-electron chi connectivity index (χ0n) is 8.12. The topological polar surface area (TPSA) is 82.3 Å². The van der Waals surface area contributed by atoms with Crippen LogP contribution >= 0.6 is 0 Å². The van der Waals surface area contributed by atoms with Gasteiger partial charge in [-0.2, -0.15) is 5.10 Å². The van der Waals surface area contributed by atoms with Crippen molar-refractivity contribution in [2.45, 2.75) is 6.42 Å². The van der Waals surface area contributed by atoms with E-state index in [9.17, 15) is 4.79 Å². The molecule has 0 bridgehead atoms. The van der Waals surface area contributed by atoms with Crippen molar-refractivity contribution in [3.63, 3.8) is 0 Å². The van der Waals surface area contributed by atoms with Crippen molar-refractivity contribution in [2.24, 2.45) is 0 Å². The molecule has 2 aromatic heterocycles. The zero-order chi connectivity index (χ0) is 10.7. The maximum absolute atomic E-state index is 11.3. The molecule has 0 fully saturated rings. The van der Waals surface area contributed by atoms with E-state index in [1.54, 1.807) is 12.1 Å². The Bertz CT molecular complexity index is 481. The van der Waals surface area contributed by atoms with Crippen LogP contribution in [-0.4, -0.2) is 44.8 Å². The molecule has 7 heteroatoms. The van der Waals surface area contributed by atoms with Crippen LogP contribution in [0.3, 0.4) is 0 Å². The SMILES string of the molecule is COCC(=O)Cc1ccc2nnnn2n1. The van der Waals surface area contributed by atoms with Crippen LogP contribution in [0.1, 0.15) is 5.69 Å². The van der Waals surface area contributed by atoms with E-state index >= 15 is 0 Å². The lowest BCUT2D eigenvalue weighted by Gasteiger charge is -1.98. The molecule has 0 aromatic carbocycles. The molecule has 0 spiro atoms. The lowest BCUT2D eigenvalue weighted by molar-refractivity contribution is -0.122. The summed E-state index contributed by atoms with van der Waals surface area (Å²) in [5.74, 6) is -0.0302. The molecular weight excluding hydrogens is 198 g/mol. The summed E-state index contributed by atoms with van der Waals surface area (Å²) in [6.45, 7) is 0.0926. The quantitative estimate of drug-likeness (QED) is 0.657. The normalized spacial score (nSPS) is 10.7. The van der Waals surface area contributed by atoms with E-state index in [1.165, 1.54) is 11.7 Å². The summed E-state index contributed by atoms with van der Waals surface area (Å²) in [5.41, 5.74) is 1.18. The van der Waals surface area contributed by atoms with E-state index in [0.717, 1.165) is 0 Å². The van der Waals surface area contributed by atoms with Gasteiger partial charge in [0.2, 0.25) is 0 Å². The molecular formula is C8H9N5O2. The monoisotopic (exact) mass is 207 g/mol. The molecule has 2 aromatic rings. The largest absolute Gasteiger partial charge is 0.377 e. The van der Waals surface area contributed by atoms with Gasteiger partial charge in [0.25, 0.3) is 0 Å². The van der Waals surface area contributed by atoms with Gasteiger partial charge in [0, 0.05) is 7.11 Å². The zero-order valence-corrected chi connectivity index (χ0v) is 8.12. The number of aromatic nitrogens is 5. The maximum atomic E-state index is 11.3. The minimum Gasteiger partial charge on any atom is -0.377 e. The van der Waals surface area contributed by atoms with Crippen molar-refractivity contribution >= 4 is 11.4 Å². The molecule has 0 radical (unpaired) electrons. The van der Waals surface area contributed by atoms with Gasteiger partial charge in [0.15, 0.2) is 11.4 Å². The van der Waals surface area contributed by atoms with Crippen LogP contribution in [0.25, 0.3) is 5.65 Å². The van der Waals surface area contributed by atoms with Crippen LogP contribution in [0.5, 0.6) is 0 Å². The summed E-state index contributed by atoms with van der Waals surface area (Å²) < 4.78 is 6.01. The van der Waals surface area contributed by atoms with Gasteiger partial charge in [-0.15, -0.1) is 9.73 Å². The van der Waals surface area contributed by atoms with Crippen molar-refractivity contribution in [3.8, 4) is 0 Å². The Morgan fingerprint density at radius 1 is 1.53 bits per heavy atom. The van der Waals surface area contributed by atoms with Gasteiger partial charge in [-0.1, -0.05) is 0 Å². The second kappa shape index (κ2) is 4.09. The molecule has 0 saturated heterocycles. The Hall–Kier alpha value is -1.89. The molecule has 0 aliphatic carbocycles. The van der Waals surface area contributed by atoms with Gasteiger partial charge in [-0.05, 0) is 22.6 Å². The van der Waals surface area contributed by atoms with E-state index < -0.39 is 0 Å². The highest BCUT2D eigenvalue weighted by Gasteiger charge is 2.06. The molecule has 0 amide bonds. The van der Waals surface area contributed by atoms with Gasteiger partial charge in [-0.3, -0.25) is 4.79 Å². The van der Waals surface area contributed by atoms with Crippen LogP contribution in [-0.2, 0) is 16.0 Å². The molecule has 0 saturated carbocycles. The van der Waals surface area contributed by atoms with Gasteiger partial charge >= 0.3 is 0 Å². The molecule has 15 heavy (non-hydrogen) atoms. The summed E-state index contributed by atoms with van der Waals surface area (Å²) in [7, 11) is 1.48. The van der Waals surface area contributed by atoms with E-state index in [2.05, 4.69) is 20.6 Å². The average Bonchev–Trinajstić information content (AvgIpc) is 2.65. The number of hydrogen-bond donors (Lipinski definition) is 0. The number of ketones is 1. The number of carbonyl (C=O) groups is 1. The van der Waals surface area contributed by atoms with E-state index in [1.807, 2.05) is 0 Å². The highest BCUT2D eigenvalue weighted by molar-refractivity contribution is 5.81. The lowest BCUT2D eigenvalue weighted by Crippen LogP contribution is -2.12. The number of carbonyl (C=O) groups excluding carboxylic acids is 1. The maximum Gasteiger partial charge on any atom is 0.199 e. The molecule has 0 atom stereocenters. The first-order chi connectivity index (χ1) is 7.29. The third-order valence-electron chi connectivity index (χ3n) is 1.81. The highest BCUT2D eigenvalue weighted by atomic mass is 16.5. The molecule has 0 aliphatic rings. The van der Waals surface area contributed by atoms with Crippen LogP contribution in [0.2, 0.25) is 0 Å². The summed E-state index contributed by atoms with van der Waals surface area (Å²) in [6, 6.07) is 3.43. The molecule has 0 unspecified atom stereocenters. The van der Waals surface area contributed by atoms with Crippen molar-refractivity contribution in [3.05, 3.63) is 17.8 Å². The Morgan fingerprint density at radius 3 is 3.20 bits per heavy atom. The van der Waals surface area contributed by atoms with Crippen molar-refractivity contribution in [2.75, 3.05) is 13.7 Å². The van der Waals surface area contributed by atoms with Gasteiger partial charge in [0.05, 0.1) is 12.1 Å². The van der Waals surface area contributed by atoms with Crippen molar-refractivity contribution in [1.29, 1.82) is 0 Å². The smallest absolute Gasteiger partial charge is 0.199 e. The molecule has 2 heterocycles. The average molecular weight is 207 g/mol. The second-order valence-electron chi connectivity index (χ2n) is 3.00. The number of methoxy groups -OCH3 is 1. The predicted octanol–water partition coefficient (Wildman–Crippen LogP) is -0.723. The molecule has 0 N–H and O–H groups in total. The highest BCUT2D eigenvalue weighted by Crippen LogP contribution is 1.99. The minimum atomic E-state index is -0.0302. The third-order valence-corrected chi connectivity index (χ3v) is 1.81. The fourth-order valence-electron chi connectivity index (χ4n) is 1.19. The van der Waals surface area contributed by atoms with Gasteiger partial charge in [-0.25, -0.2) is 0 Å². The summed E-state index contributed by atoms with van der Waals surface area (Å²) in [6.07, 6.45) is 0.226. The third kappa shape index (κ3) is 2.13. The van der Waals surface area contributed by atoms with Crippen molar-refractivity contribution in [1.82, 2.24) is 25.3 Å². The predicted molar refractivity (Wildman–Crippen MR) is 49.2 cm³/mol.